The van der Waals surface area contributed by atoms with E-state index in [1.807, 2.05) is 47.4 Å². The van der Waals surface area contributed by atoms with E-state index >= 15 is 0 Å². The van der Waals surface area contributed by atoms with Gasteiger partial charge in [-0.25, -0.2) is 0 Å². The molecule has 0 atom stereocenters. The van der Waals surface area contributed by atoms with E-state index in [0.717, 1.165) is 35.5 Å². The number of carbonyl (C=O) groups is 1. The monoisotopic (exact) mass is 402 g/mol. The van der Waals surface area contributed by atoms with Gasteiger partial charge in [0.1, 0.15) is 11.5 Å². The summed E-state index contributed by atoms with van der Waals surface area (Å²) in [7, 11) is 0. The second-order valence-electron chi connectivity index (χ2n) is 8.43. The van der Waals surface area contributed by atoms with Gasteiger partial charge in [0.15, 0.2) is 5.76 Å². The van der Waals surface area contributed by atoms with Crippen LogP contribution in [-0.2, 0) is 12.0 Å². The van der Waals surface area contributed by atoms with Crippen LogP contribution in [0.3, 0.4) is 0 Å². The second-order valence-corrected chi connectivity index (χ2v) is 8.43. The molecule has 2 N–H and O–H groups in total. The summed E-state index contributed by atoms with van der Waals surface area (Å²) in [6.07, 6.45) is 1.76. The fourth-order valence-corrected chi connectivity index (χ4v) is 4.57. The molecule has 30 heavy (non-hydrogen) atoms. The van der Waals surface area contributed by atoms with E-state index in [9.17, 15) is 4.79 Å². The molecule has 5 heteroatoms. The summed E-state index contributed by atoms with van der Waals surface area (Å²) in [6, 6.07) is 18.0. The van der Waals surface area contributed by atoms with Gasteiger partial charge >= 0.3 is 0 Å². The average Bonchev–Trinajstić information content (AvgIpc) is 3.40. The second kappa shape index (κ2) is 7.33. The third kappa shape index (κ3) is 3.19. The minimum Gasteiger partial charge on any atom is -0.492 e. The Hall–Kier alpha value is -3.05. The van der Waals surface area contributed by atoms with Crippen LogP contribution in [0, 0.1) is 6.92 Å². The third-order valence-corrected chi connectivity index (χ3v) is 6.52. The van der Waals surface area contributed by atoms with Crippen molar-refractivity contribution < 1.29 is 13.9 Å². The SMILES string of the molecule is Cc1ccc(-c2ccc(C(=O)N3CCC4(CC3)COc3ccc(CN)cc34)o2)cc1. The van der Waals surface area contributed by atoms with Crippen molar-refractivity contribution in [1.29, 1.82) is 0 Å². The molecule has 0 bridgehead atoms. The molecule has 1 saturated heterocycles. The van der Waals surface area contributed by atoms with E-state index in [2.05, 4.69) is 13.0 Å². The molecular weight excluding hydrogens is 376 g/mol. The van der Waals surface area contributed by atoms with Gasteiger partial charge in [-0.1, -0.05) is 42.0 Å². The number of aryl methyl sites for hydroxylation is 1. The molecule has 5 nitrogen and oxygen atoms in total. The lowest BCUT2D eigenvalue weighted by atomic mass is 9.74. The lowest BCUT2D eigenvalue weighted by Gasteiger charge is -2.38. The fourth-order valence-electron chi connectivity index (χ4n) is 4.57. The Kier molecular flexibility index (Phi) is 4.63. The zero-order valence-electron chi connectivity index (χ0n) is 17.2. The number of likely N-dealkylation sites (tertiary alicyclic amines) is 1. The first-order valence-corrected chi connectivity index (χ1v) is 10.5. The zero-order valence-corrected chi connectivity index (χ0v) is 17.2. The Morgan fingerprint density at radius 2 is 1.83 bits per heavy atom. The average molecular weight is 402 g/mol. The number of amides is 1. The first kappa shape index (κ1) is 18.9. The van der Waals surface area contributed by atoms with Crippen LogP contribution in [0.5, 0.6) is 5.75 Å². The van der Waals surface area contributed by atoms with Gasteiger partial charge in [-0.15, -0.1) is 0 Å². The summed E-state index contributed by atoms with van der Waals surface area (Å²) < 4.78 is 11.9. The first-order valence-electron chi connectivity index (χ1n) is 10.5. The number of hydrogen-bond acceptors (Lipinski definition) is 4. The Labute approximate surface area is 176 Å². The largest absolute Gasteiger partial charge is 0.492 e. The summed E-state index contributed by atoms with van der Waals surface area (Å²) >= 11 is 0. The van der Waals surface area contributed by atoms with Gasteiger partial charge in [0, 0.05) is 36.2 Å². The molecule has 2 aliphatic heterocycles. The van der Waals surface area contributed by atoms with Crippen LogP contribution in [0.15, 0.2) is 59.0 Å². The number of ether oxygens (including phenoxy) is 1. The van der Waals surface area contributed by atoms with Crippen molar-refractivity contribution in [1.82, 2.24) is 4.90 Å². The number of piperidine rings is 1. The molecule has 0 saturated carbocycles. The molecule has 2 aliphatic rings. The lowest BCUT2D eigenvalue weighted by Crippen LogP contribution is -2.46. The molecule has 1 aromatic heterocycles. The predicted octanol–water partition coefficient (Wildman–Crippen LogP) is 4.28. The van der Waals surface area contributed by atoms with Crippen molar-refractivity contribution in [2.45, 2.75) is 31.7 Å². The highest BCUT2D eigenvalue weighted by Crippen LogP contribution is 2.46. The highest BCUT2D eigenvalue weighted by Gasteiger charge is 2.44. The van der Waals surface area contributed by atoms with E-state index in [4.69, 9.17) is 14.9 Å². The van der Waals surface area contributed by atoms with Gasteiger partial charge in [0.2, 0.25) is 0 Å². The van der Waals surface area contributed by atoms with Crippen LogP contribution in [-0.4, -0.2) is 30.5 Å². The maximum Gasteiger partial charge on any atom is 0.289 e. The number of fused-ring (bicyclic) bond motifs is 2. The van der Waals surface area contributed by atoms with Gasteiger partial charge < -0.3 is 19.8 Å². The number of rotatable bonds is 3. The fraction of sp³-hybridized carbons (Fsp3) is 0.320. The summed E-state index contributed by atoms with van der Waals surface area (Å²) in [5, 5.41) is 0. The lowest BCUT2D eigenvalue weighted by molar-refractivity contribution is 0.0616. The highest BCUT2D eigenvalue weighted by molar-refractivity contribution is 5.92. The van der Waals surface area contributed by atoms with Crippen molar-refractivity contribution in [3.63, 3.8) is 0 Å². The Morgan fingerprint density at radius 3 is 2.57 bits per heavy atom. The van der Waals surface area contributed by atoms with Crippen LogP contribution in [0.2, 0.25) is 0 Å². The smallest absolute Gasteiger partial charge is 0.289 e. The molecule has 2 aromatic carbocycles. The molecule has 0 unspecified atom stereocenters. The molecule has 1 spiro atoms. The Bertz CT molecular complexity index is 1080. The predicted molar refractivity (Wildman–Crippen MR) is 116 cm³/mol. The maximum atomic E-state index is 13.0. The molecular formula is C25H26N2O3. The van der Waals surface area contributed by atoms with E-state index in [1.54, 1.807) is 6.07 Å². The Morgan fingerprint density at radius 1 is 1.07 bits per heavy atom. The van der Waals surface area contributed by atoms with Gasteiger partial charge in [-0.3, -0.25) is 4.79 Å². The van der Waals surface area contributed by atoms with Gasteiger partial charge in [0.05, 0.1) is 6.61 Å². The molecule has 3 heterocycles. The Balaban J connectivity index is 1.30. The van der Waals surface area contributed by atoms with Crippen LogP contribution in [0.1, 0.15) is 40.1 Å². The minimum absolute atomic E-state index is 0.0203. The van der Waals surface area contributed by atoms with Crippen LogP contribution < -0.4 is 10.5 Å². The molecule has 0 radical (unpaired) electrons. The summed E-state index contributed by atoms with van der Waals surface area (Å²) in [6.45, 7) is 4.63. The standard InChI is InChI=1S/C25H26N2O3/c1-17-2-5-19(6-3-17)21-8-9-23(30-21)24(28)27-12-10-25(11-13-27)16-29-22-7-4-18(15-26)14-20(22)25/h2-9,14H,10-13,15-16,26H2,1H3. The molecule has 1 fully saturated rings. The topological polar surface area (TPSA) is 68.7 Å². The quantitative estimate of drug-likeness (QED) is 0.710. The van der Waals surface area contributed by atoms with Gasteiger partial charge in [-0.2, -0.15) is 0 Å². The van der Waals surface area contributed by atoms with Crippen LogP contribution in [0.4, 0.5) is 0 Å². The van der Waals surface area contributed by atoms with Gasteiger partial charge in [0.25, 0.3) is 5.91 Å². The molecule has 0 aliphatic carbocycles. The number of hydrogen-bond donors (Lipinski definition) is 1. The van der Waals surface area contributed by atoms with Crippen LogP contribution >= 0.6 is 0 Å². The number of furan rings is 1. The van der Waals surface area contributed by atoms with E-state index in [0.29, 0.717) is 32.0 Å². The number of benzene rings is 2. The first-order chi connectivity index (χ1) is 14.6. The third-order valence-electron chi connectivity index (χ3n) is 6.52. The number of carbonyl (C=O) groups excluding carboxylic acids is 1. The zero-order chi connectivity index (χ0) is 20.7. The van der Waals surface area contributed by atoms with Crippen molar-refractivity contribution in [3.05, 3.63) is 77.0 Å². The molecule has 154 valence electrons. The minimum atomic E-state index is -0.0435. The summed E-state index contributed by atoms with van der Waals surface area (Å²) in [5.74, 6) is 2.04. The van der Waals surface area contributed by atoms with E-state index in [1.165, 1.54) is 11.1 Å². The van der Waals surface area contributed by atoms with Gasteiger partial charge in [-0.05, 0) is 43.5 Å². The highest BCUT2D eigenvalue weighted by atomic mass is 16.5. The van der Waals surface area contributed by atoms with Crippen LogP contribution in [0.25, 0.3) is 11.3 Å². The summed E-state index contributed by atoms with van der Waals surface area (Å²) in [4.78, 5) is 14.9. The van der Waals surface area contributed by atoms with E-state index < -0.39 is 0 Å². The normalized spacial score (nSPS) is 17.1. The maximum absolute atomic E-state index is 13.0. The number of nitrogens with zero attached hydrogens (tertiary/aromatic N) is 1. The van der Waals surface area contributed by atoms with E-state index in [-0.39, 0.29) is 11.3 Å². The molecule has 3 aromatic rings. The van der Waals surface area contributed by atoms with Crippen molar-refractivity contribution in [3.8, 4) is 17.1 Å². The van der Waals surface area contributed by atoms with Crippen molar-refractivity contribution in [2.24, 2.45) is 5.73 Å². The summed E-state index contributed by atoms with van der Waals surface area (Å²) in [5.41, 5.74) is 10.4. The molecule has 1 amide bonds. The molecule has 5 rings (SSSR count). The van der Waals surface area contributed by atoms with Crippen molar-refractivity contribution in [2.75, 3.05) is 19.7 Å². The number of nitrogens with two attached hydrogens (primary N) is 1. The van der Waals surface area contributed by atoms with Crippen molar-refractivity contribution >= 4 is 5.91 Å².